The van der Waals surface area contributed by atoms with E-state index in [9.17, 15) is 13.2 Å². The molecular formula is C11H13BrN2O3S. The van der Waals surface area contributed by atoms with Gasteiger partial charge < -0.3 is 5.32 Å². The maximum atomic E-state index is 11.8. The highest BCUT2D eigenvalue weighted by atomic mass is 79.9. The second kappa shape index (κ2) is 5.36. The molecule has 1 amide bonds. The van der Waals surface area contributed by atoms with Crippen molar-refractivity contribution in [2.24, 2.45) is 5.92 Å². The van der Waals surface area contributed by atoms with Gasteiger partial charge in [-0.15, -0.1) is 0 Å². The number of hydrogen-bond acceptors (Lipinski definition) is 4. The molecule has 5 nitrogen and oxygen atoms in total. The summed E-state index contributed by atoms with van der Waals surface area (Å²) < 4.78 is 23.3. The van der Waals surface area contributed by atoms with Crippen molar-refractivity contribution in [3.05, 3.63) is 28.5 Å². The van der Waals surface area contributed by atoms with Crippen LogP contribution >= 0.6 is 15.9 Å². The molecule has 1 aliphatic rings. The molecule has 0 bridgehead atoms. The van der Waals surface area contributed by atoms with E-state index in [4.69, 9.17) is 0 Å². The summed E-state index contributed by atoms with van der Waals surface area (Å²) in [5.41, 5.74) is 0.463. The summed E-state index contributed by atoms with van der Waals surface area (Å²) in [6.45, 7) is 0.393. The Hall–Kier alpha value is -0.950. The second-order valence-electron chi connectivity index (χ2n) is 4.37. The van der Waals surface area contributed by atoms with E-state index >= 15 is 0 Å². The van der Waals surface area contributed by atoms with Gasteiger partial charge in [0.25, 0.3) is 5.91 Å². The Morgan fingerprint density at radius 1 is 1.50 bits per heavy atom. The molecular weight excluding hydrogens is 320 g/mol. The number of carbonyl (C=O) groups excluding carboxylic acids is 1. The number of rotatable bonds is 3. The van der Waals surface area contributed by atoms with Crippen molar-refractivity contribution >= 4 is 31.7 Å². The summed E-state index contributed by atoms with van der Waals surface area (Å²) in [6, 6.07) is 1.67. The van der Waals surface area contributed by atoms with E-state index in [-0.39, 0.29) is 23.3 Å². The zero-order valence-electron chi connectivity index (χ0n) is 9.60. The highest BCUT2D eigenvalue weighted by Crippen LogP contribution is 2.17. The maximum absolute atomic E-state index is 11.8. The number of aromatic nitrogens is 1. The van der Waals surface area contributed by atoms with Gasteiger partial charge in [0.05, 0.1) is 17.1 Å². The van der Waals surface area contributed by atoms with E-state index < -0.39 is 9.84 Å². The number of carbonyl (C=O) groups is 1. The molecule has 7 heteroatoms. The molecule has 0 aliphatic carbocycles. The van der Waals surface area contributed by atoms with Crippen LogP contribution in [0.2, 0.25) is 0 Å². The molecule has 1 aliphatic heterocycles. The first-order valence-corrected chi connectivity index (χ1v) is 8.17. The smallest absolute Gasteiger partial charge is 0.252 e. The quantitative estimate of drug-likeness (QED) is 0.896. The van der Waals surface area contributed by atoms with Crippen LogP contribution in [0.4, 0.5) is 0 Å². The summed E-state index contributed by atoms with van der Waals surface area (Å²) in [7, 11) is -2.89. The van der Waals surface area contributed by atoms with Gasteiger partial charge in [0.1, 0.15) is 0 Å². The molecule has 1 fully saturated rings. The van der Waals surface area contributed by atoms with Crippen molar-refractivity contribution in [2.45, 2.75) is 6.42 Å². The number of hydrogen-bond donors (Lipinski definition) is 1. The van der Waals surface area contributed by atoms with Crippen LogP contribution in [-0.4, -0.2) is 37.4 Å². The largest absolute Gasteiger partial charge is 0.352 e. The molecule has 0 radical (unpaired) electrons. The SMILES string of the molecule is O=C(NC[C@@H]1CCS(=O)(=O)C1)c1cncc(Br)c1. The molecule has 1 atom stereocenters. The van der Waals surface area contributed by atoms with Gasteiger partial charge in [0.2, 0.25) is 0 Å². The van der Waals surface area contributed by atoms with Gasteiger partial charge in [-0.05, 0) is 34.3 Å². The van der Waals surface area contributed by atoms with Crippen LogP contribution in [0.1, 0.15) is 16.8 Å². The second-order valence-corrected chi connectivity index (χ2v) is 7.52. The van der Waals surface area contributed by atoms with Crippen molar-refractivity contribution in [3.8, 4) is 0 Å². The van der Waals surface area contributed by atoms with Crippen molar-refractivity contribution in [3.63, 3.8) is 0 Å². The van der Waals surface area contributed by atoms with E-state index in [0.717, 1.165) is 4.47 Å². The molecule has 0 saturated carbocycles. The Labute approximate surface area is 114 Å². The molecule has 1 aromatic rings. The lowest BCUT2D eigenvalue weighted by molar-refractivity contribution is 0.0948. The van der Waals surface area contributed by atoms with Crippen LogP contribution in [0.5, 0.6) is 0 Å². The van der Waals surface area contributed by atoms with Crippen LogP contribution < -0.4 is 5.32 Å². The fraction of sp³-hybridized carbons (Fsp3) is 0.455. The predicted molar refractivity (Wildman–Crippen MR) is 71.0 cm³/mol. The zero-order chi connectivity index (χ0) is 13.2. The van der Waals surface area contributed by atoms with Crippen LogP contribution in [-0.2, 0) is 9.84 Å². The summed E-state index contributed by atoms with van der Waals surface area (Å²) in [5.74, 6) is 0.197. The predicted octanol–water partition coefficient (Wildman–Crippen LogP) is 1.01. The van der Waals surface area contributed by atoms with Gasteiger partial charge in [-0.3, -0.25) is 9.78 Å². The molecule has 1 aromatic heterocycles. The summed E-state index contributed by atoms with van der Waals surface area (Å²) in [6.07, 6.45) is 3.70. The molecule has 98 valence electrons. The lowest BCUT2D eigenvalue weighted by atomic mass is 10.1. The maximum Gasteiger partial charge on any atom is 0.252 e. The number of nitrogens with zero attached hydrogens (tertiary/aromatic N) is 1. The van der Waals surface area contributed by atoms with Crippen LogP contribution in [0.15, 0.2) is 22.9 Å². The topological polar surface area (TPSA) is 76.1 Å². The summed E-state index contributed by atoms with van der Waals surface area (Å²) in [4.78, 5) is 15.7. The normalized spacial score (nSPS) is 21.7. The first-order valence-electron chi connectivity index (χ1n) is 5.55. The molecule has 0 unspecified atom stereocenters. The minimum atomic E-state index is -2.89. The minimum Gasteiger partial charge on any atom is -0.352 e. The Balaban J connectivity index is 1.90. The number of pyridine rings is 1. The van der Waals surface area contributed by atoms with Gasteiger partial charge in [-0.2, -0.15) is 0 Å². The zero-order valence-corrected chi connectivity index (χ0v) is 12.0. The lowest BCUT2D eigenvalue weighted by Gasteiger charge is -2.09. The average molecular weight is 333 g/mol. The van der Waals surface area contributed by atoms with E-state index in [1.165, 1.54) is 6.20 Å². The monoisotopic (exact) mass is 332 g/mol. The summed E-state index contributed by atoms with van der Waals surface area (Å²) >= 11 is 3.24. The fourth-order valence-electron chi connectivity index (χ4n) is 1.91. The highest BCUT2D eigenvalue weighted by molar-refractivity contribution is 9.10. The molecule has 2 heterocycles. The Bertz CT molecular complexity index is 559. The molecule has 1 saturated heterocycles. The Morgan fingerprint density at radius 3 is 2.89 bits per heavy atom. The number of halogens is 1. The molecule has 1 N–H and O–H groups in total. The van der Waals surface area contributed by atoms with Crippen LogP contribution in [0.3, 0.4) is 0 Å². The Morgan fingerprint density at radius 2 is 2.28 bits per heavy atom. The van der Waals surface area contributed by atoms with Crippen molar-refractivity contribution < 1.29 is 13.2 Å². The lowest BCUT2D eigenvalue weighted by Crippen LogP contribution is -2.29. The van der Waals surface area contributed by atoms with Crippen LogP contribution in [0.25, 0.3) is 0 Å². The minimum absolute atomic E-state index is 0.0269. The molecule has 18 heavy (non-hydrogen) atoms. The Kier molecular flexibility index (Phi) is 4.01. The van der Waals surface area contributed by atoms with Crippen molar-refractivity contribution in [2.75, 3.05) is 18.1 Å². The first-order chi connectivity index (χ1) is 8.46. The summed E-state index contributed by atoms with van der Waals surface area (Å²) in [5, 5.41) is 2.74. The van der Waals surface area contributed by atoms with Gasteiger partial charge in [-0.1, -0.05) is 0 Å². The third-order valence-corrected chi connectivity index (χ3v) is 5.12. The first kappa shape index (κ1) is 13.5. The van der Waals surface area contributed by atoms with Gasteiger partial charge in [0.15, 0.2) is 9.84 Å². The van der Waals surface area contributed by atoms with Gasteiger partial charge >= 0.3 is 0 Å². The number of sulfone groups is 1. The molecule has 0 spiro atoms. The third kappa shape index (κ3) is 3.52. The van der Waals surface area contributed by atoms with E-state index in [1.54, 1.807) is 12.3 Å². The van der Waals surface area contributed by atoms with Crippen LogP contribution in [0, 0.1) is 5.92 Å². The number of nitrogens with one attached hydrogen (secondary N) is 1. The molecule has 0 aromatic carbocycles. The van der Waals surface area contributed by atoms with Crippen molar-refractivity contribution in [1.82, 2.24) is 10.3 Å². The standard InChI is InChI=1S/C11H13BrN2O3S/c12-10-3-9(5-13-6-10)11(15)14-4-8-1-2-18(16,17)7-8/h3,5-6,8H,1-2,4,7H2,(H,14,15)/t8-/m0/s1. The van der Waals surface area contributed by atoms with E-state index in [1.807, 2.05) is 0 Å². The average Bonchev–Trinajstić information content (AvgIpc) is 2.66. The van der Waals surface area contributed by atoms with E-state index in [2.05, 4.69) is 26.2 Å². The highest BCUT2D eigenvalue weighted by Gasteiger charge is 2.27. The van der Waals surface area contributed by atoms with Gasteiger partial charge in [-0.25, -0.2) is 8.42 Å². The van der Waals surface area contributed by atoms with Gasteiger partial charge in [0, 0.05) is 23.4 Å². The molecule has 2 rings (SSSR count). The van der Waals surface area contributed by atoms with E-state index in [0.29, 0.717) is 18.5 Å². The fourth-order valence-corrected chi connectivity index (χ4v) is 4.13. The number of amides is 1. The van der Waals surface area contributed by atoms with Crippen molar-refractivity contribution in [1.29, 1.82) is 0 Å². The third-order valence-electron chi connectivity index (χ3n) is 2.85.